The van der Waals surface area contributed by atoms with Gasteiger partial charge in [0.05, 0.1) is 12.2 Å². The van der Waals surface area contributed by atoms with Gasteiger partial charge in [0.25, 0.3) is 0 Å². The van der Waals surface area contributed by atoms with Crippen LogP contribution in [0.4, 0.5) is 10.2 Å². The molecule has 4 aromatic rings. The molecule has 2 heterocycles. The Morgan fingerprint density at radius 3 is 2.54 bits per heavy atom. The maximum absolute atomic E-state index is 14.4. The Bertz CT molecular complexity index is 1130. The minimum Gasteiger partial charge on any atom is -0.492 e. The summed E-state index contributed by atoms with van der Waals surface area (Å²) < 4.78 is 20.2. The van der Waals surface area contributed by atoms with Crippen LogP contribution in [-0.2, 0) is 0 Å². The Morgan fingerprint density at radius 2 is 1.82 bits per heavy atom. The van der Waals surface area contributed by atoms with E-state index in [1.54, 1.807) is 37.6 Å². The molecule has 140 valence electrons. The van der Waals surface area contributed by atoms with Crippen molar-refractivity contribution in [1.82, 2.24) is 19.9 Å². The van der Waals surface area contributed by atoms with Crippen molar-refractivity contribution in [1.29, 1.82) is 0 Å². The van der Waals surface area contributed by atoms with Gasteiger partial charge in [0.1, 0.15) is 29.2 Å². The average molecular weight is 375 g/mol. The first-order valence-electron chi connectivity index (χ1n) is 8.88. The number of fused-ring (bicyclic) bond motifs is 1. The molecule has 4 rings (SSSR count). The largest absolute Gasteiger partial charge is 0.492 e. The quantitative estimate of drug-likeness (QED) is 0.560. The highest BCUT2D eigenvalue weighted by atomic mass is 19.1. The Kier molecular flexibility index (Phi) is 4.80. The lowest BCUT2D eigenvalue weighted by atomic mass is 10.0. The van der Waals surface area contributed by atoms with Crippen LogP contribution >= 0.6 is 0 Å². The van der Waals surface area contributed by atoms with E-state index in [9.17, 15) is 4.39 Å². The highest BCUT2D eigenvalue weighted by Gasteiger charge is 2.16. The Morgan fingerprint density at radius 1 is 1.04 bits per heavy atom. The number of ether oxygens (including phenoxy) is 1. The van der Waals surface area contributed by atoms with E-state index >= 15 is 0 Å². The monoisotopic (exact) mass is 375 g/mol. The summed E-state index contributed by atoms with van der Waals surface area (Å²) in [5, 5.41) is 3.84. The van der Waals surface area contributed by atoms with Gasteiger partial charge in [0.15, 0.2) is 5.82 Å². The molecule has 6 nitrogen and oxygen atoms in total. The lowest BCUT2D eigenvalue weighted by Crippen LogP contribution is -2.02. The van der Waals surface area contributed by atoms with Crippen LogP contribution in [0.15, 0.2) is 55.1 Å². The molecule has 0 amide bonds. The van der Waals surface area contributed by atoms with E-state index < -0.39 is 0 Å². The zero-order valence-electron chi connectivity index (χ0n) is 15.5. The summed E-state index contributed by atoms with van der Waals surface area (Å²) in [6.45, 7) is 2.35. The molecule has 0 aliphatic carbocycles. The van der Waals surface area contributed by atoms with E-state index in [0.29, 0.717) is 46.2 Å². The third-order valence-corrected chi connectivity index (χ3v) is 4.31. The maximum Gasteiger partial charge on any atom is 0.165 e. The van der Waals surface area contributed by atoms with E-state index in [-0.39, 0.29) is 5.82 Å². The van der Waals surface area contributed by atoms with Crippen molar-refractivity contribution in [2.45, 2.75) is 6.92 Å². The first-order chi connectivity index (χ1) is 13.7. The van der Waals surface area contributed by atoms with E-state index in [1.807, 2.05) is 19.1 Å². The second-order valence-electron chi connectivity index (χ2n) is 6.06. The molecule has 0 aliphatic heterocycles. The summed E-state index contributed by atoms with van der Waals surface area (Å²) >= 11 is 0. The summed E-state index contributed by atoms with van der Waals surface area (Å²) in [6, 6.07) is 10.3. The van der Waals surface area contributed by atoms with Crippen molar-refractivity contribution in [3.63, 3.8) is 0 Å². The third-order valence-electron chi connectivity index (χ3n) is 4.31. The fourth-order valence-corrected chi connectivity index (χ4v) is 3.05. The Labute approximate surface area is 161 Å². The highest BCUT2D eigenvalue weighted by Crippen LogP contribution is 2.36. The molecule has 2 aromatic heterocycles. The van der Waals surface area contributed by atoms with Gasteiger partial charge in [-0.3, -0.25) is 0 Å². The highest BCUT2D eigenvalue weighted by molar-refractivity contribution is 5.97. The van der Waals surface area contributed by atoms with Crippen molar-refractivity contribution < 1.29 is 9.13 Å². The van der Waals surface area contributed by atoms with Crippen LogP contribution in [0.3, 0.4) is 0 Å². The predicted octanol–water partition coefficient (Wildman–Crippen LogP) is 4.33. The maximum atomic E-state index is 14.4. The number of benzene rings is 2. The van der Waals surface area contributed by atoms with Gasteiger partial charge in [-0.25, -0.2) is 24.3 Å². The summed E-state index contributed by atoms with van der Waals surface area (Å²) in [5.74, 6) is 1.37. The molecule has 2 aromatic carbocycles. The summed E-state index contributed by atoms with van der Waals surface area (Å²) in [5.41, 5.74) is 2.53. The van der Waals surface area contributed by atoms with Gasteiger partial charge in [-0.15, -0.1) is 0 Å². The smallest absolute Gasteiger partial charge is 0.165 e. The van der Waals surface area contributed by atoms with Gasteiger partial charge in [-0.1, -0.05) is 18.2 Å². The summed E-state index contributed by atoms with van der Waals surface area (Å²) in [6.07, 6.45) is 4.76. The van der Waals surface area contributed by atoms with Crippen molar-refractivity contribution in [2.75, 3.05) is 19.0 Å². The van der Waals surface area contributed by atoms with Crippen LogP contribution < -0.4 is 10.1 Å². The van der Waals surface area contributed by atoms with Gasteiger partial charge in [0, 0.05) is 30.4 Å². The SMILES string of the molecule is CCOc1cc(-c2ccccc2F)cc2c(NC)nc(-c3cncnc3)nc12. The first-order valence-corrected chi connectivity index (χ1v) is 8.88. The lowest BCUT2D eigenvalue weighted by Gasteiger charge is -2.14. The number of aromatic nitrogens is 4. The molecular weight excluding hydrogens is 357 g/mol. The van der Waals surface area contributed by atoms with Gasteiger partial charge < -0.3 is 10.1 Å². The van der Waals surface area contributed by atoms with Crippen LogP contribution in [0.1, 0.15) is 6.92 Å². The second-order valence-corrected chi connectivity index (χ2v) is 6.06. The van der Waals surface area contributed by atoms with Crippen molar-refractivity contribution in [3.05, 3.63) is 60.9 Å². The third kappa shape index (κ3) is 3.22. The number of hydrogen-bond donors (Lipinski definition) is 1. The number of rotatable bonds is 5. The van der Waals surface area contributed by atoms with Crippen molar-refractivity contribution in [2.24, 2.45) is 0 Å². The van der Waals surface area contributed by atoms with Gasteiger partial charge in [0.2, 0.25) is 0 Å². The van der Waals surface area contributed by atoms with Gasteiger partial charge in [-0.2, -0.15) is 0 Å². The zero-order valence-corrected chi connectivity index (χ0v) is 15.5. The molecule has 0 radical (unpaired) electrons. The average Bonchev–Trinajstić information content (AvgIpc) is 2.74. The molecule has 0 aliphatic rings. The normalized spacial score (nSPS) is 10.8. The van der Waals surface area contributed by atoms with Crippen LogP contribution in [0.25, 0.3) is 33.4 Å². The molecule has 28 heavy (non-hydrogen) atoms. The van der Waals surface area contributed by atoms with Crippen LogP contribution in [0.2, 0.25) is 0 Å². The lowest BCUT2D eigenvalue weighted by molar-refractivity contribution is 0.344. The van der Waals surface area contributed by atoms with E-state index in [4.69, 9.17) is 4.74 Å². The second kappa shape index (κ2) is 7.56. The summed E-state index contributed by atoms with van der Waals surface area (Å²) in [4.78, 5) is 17.3. The molecular formula is C21H18FN5O. The number of anilines is 1. The molecule has 1 N–H and O–H groups in total. The predicted molar refractivity (Wildman–Crippen MR) is 107 cm³/mol. The molecule has 0 fully saturated rings. The molecule has 0 unspecified atom stereocenters. The standard InChI is InChI=1S/C21H18FN5O/c1-3-28-18-9-13(15-6-4-5-7-17(15)22)8-16-19(18)26-20(27-21(16)23-2)14-10-24-12-25-11-14/h4-12H,3H2,1-2H3,(H,23,26,27). The Hall–Kier alpha value is -3.61. The fourth-order valence-electron chi connectivity index (χ4n) is 3.05. The summed E-state index contributed by atoms with van der Waals surface area (Å²) in [7, 11) is 1.78. The van der Waals surface area contributed by atoms with Crippen molar-refractivity contribution in [3.8, 4) is 28.3 Å². The first kappa shape index (κ1) is 17.8. The van der Waals surface area contributed by atoms with E-state index in [2.05, 4.69) is 25.3 Å². The Balaban J connectivity index is 2.00. The van der Waals surface area contributed by atoms with E-state index in [0.717, 1.165) is 5.39 Å². The van der Waals surface area contributed by atoms with Crippen LogP contribution in [0, 0.1) is 5.82 Å². The number of halogens is 1. The van der Waals surface area contributed by atoms with Crippen LogP contribution in [0.5, 0.6) is 5.75 Å². The zero-order chi connectivity index (χ0) is 19.5. The molecule has 0 saturated heterocycles. The number of hydrogen-bond acceptors (Lipinski definition) is 6. The number of nitrogens with zero attached hydrogens (tertiary/aromatic N) is 4. The van der Waals surface area contributed by atoms with Gasteiger partial charge in [-0.05, 0) is 30.7 Å². The topological polar surface area (TPSA) is 72.8 Å². The fraction of sp³-hybridized carbons (Fsp3) is 0.143. The van der Waals surface area contributed by atoms with Crippen LogP contribution in [-0.4, -0.2) is 33.6 Å². The molecule has 0 bridgehead atoms. The minimum absolute atomic E-state index is 0.297. The molecule has 0 spiro atoms. The number of nitrogens with one attached hydrogen (secondary N) is 1. The van der Waals surface area contributed by atoms with Gasteiger partial charge >= 0.3 is 0 Å². The molecule has 0 saturated carbocycles. The molecule has 7 heteroatoms. The van der Waals surface area contributed by atoms with E-state index in [1.165, 1.54) is 12.4 Å². The molecule has 0 atom stereocenters. The van der Waals surface area contributed by atoms with Crippen molar-refractivity contribution >= 4 is 16.7 Å². The minimum atomic E-state index is -0.297.